The van der Waals surface area contributed by atoms with Crippen LogP contribution in [0.25, 0.3) is 0 Å². The van der Waals surface area contributed by atoms with Gasteiger partial charge in [0.05, 0.1) is 12.2 Å². The summed E-state index contributed by atoms with van der Waals surface area (Å²) in [4.78, 5) is 2.41. The lowest BCUT2D eigenvalue weighted by Gasteiger charge is -2.37. The van der Waals surface area contributed by atoms with Crippen LogP contribution < -0.4 is 10.2 Å². The molecule has 1 heterocycles. The van der Waals surface area contributed by atoms with E-state index < -0.39 is 0 Å². The van der Waals surface area contributed by atoms with Crippen molar-refractivity contribution in [3.05, 3.63) is 28.2 Å². The maximum absolute atomic E-state index is 5.79. The lowest BCUT2D eigenvalue weighted by atomic mass is 10.1. The monoisotopic (exact) mass is 340 g/mol. The zero-order valence-electron chi connectivity index (χ0n) is 12.7. The summed E-state index contributed by atoms with van der Waals surface area (Å²) in [5.41, 5.74) is 2.59. The van der Waals surface area contributed by atoms with Crippen LogP contribution in [0.15, 0.2) is 22.7 Å². The minimum Gasteiger partial charge on any atom is -0.372 e. The predicted octanol–water partition coefficient (Wildman–Crippen LogP) is 3.56. The number of hydrogen-bond donors (Lipinski definition) is 1. The first-order valence-corrected chi connectivity index (χ1v) is 8.29. The lowest BCUT2D eigenvalue weighted by molar-refractivity contribution is -0.00522. The van der Waals surface area contributed by atoms with Gasteiger partial charge in [0.25, 0.3) is 0 Å². The van der Waals surface area contributed by atoms with Gasteiger partial charge in [0.15, 0.2) is 0 Å². The van der Waals surface area contributed by atoms with Crippen LogP contribution in [0.4, 0.5) is 5.69 Å². The summed E-state index contributed by atoms with van der Waals surface area (Å²) in [6, 6.07) is 6.67. The fraction of sp³-hybridized carbons (Fsp3) is 0.625. The zero-order chi connectivity index (χ0) is 14.5. The lowest BCUT2D eigenvalue weighted by Crippen LogP contribution is -2.45. The van der Waals surface area contributed by atoms with Crippen LogP contribution in [0, 0.1) is 0 Å². The molecule has 20 heavy (non-hydrogen) atoms. The second kappa shape index (κ2) is 7.43. The van der Waals surface area contributed by atoms with Crippen molar-refractivity contribution in [3.63, 3.8) is 0 Å². The molecule has 2 rings (SSSR count). The van der Waals surface area contributed by atoms with Gasteiger partial charge in [-0.2, -0.15) is 0 Å². The topological polar surface area (TPSA) is 24.5 Å². The van der Waals surface area contributed by atoms with Gasteiger partial charge in [-0.1, -0.05) is 28.9 Å². The van der Waals surface area contributed by atoms with E-state index in [4.69, 9.17) is 4.74 Å². The molecule has 1 fully saturated rings. The first-order chi connectivity index (χ1) is 9.60. The van der Waals surface area contributed by atoms with E-state index in [9.17, 15) is 0 Å². The summed E-state index contributed by atoms with van der Waals surface area (Å²) in [6.07, 6.45) is 1.76. The Hall–Kier alpha value is -0.580. The van der Waals surface area contributed by atoms with Crippen molar-refractivity contribution in [3.8, 4) is 0 Å². The molecule has 1 aromatic rings. The molecule has 0 amide bonds. The Morgan fingerprint density at radius 1 is 1.30 bits per heavy atom. The zero-order valence-corrected chi connectivity index (χ0v) is 14.2. The molecule has 3 nitrogen and oxygen atoms in total. The number of morpholine rings is 1. The van der Waals surface area contributed by atoms with E-state index in [0.717, 1.165) is 26.2 Å². The molecule has 0 unspecified atom stereocenters. The summed E-state index contributed by atoms with van der Waals surface area (Å²) < 4.78 is 6.98. The first-order valence-electron chi connectivity index (χ1n) is 7.49. The van der Waals surface area contributed by atoms with Gasteiger partial charge in [0.2, 0.25) is 0 Å². The standard InChI is InChI=1S/C16H25BrN2O/c1-4-7-18-9-14-5-6-15(8-16(14)17)19-10-12(2)20-13(3)11-19/h5-6,8,12-13,18H,4,7,9-11H2,1-3H3/t12-,13+. The molecule has 1 aromatic carbocycles. The van der Waals surface area contributed by atoms with Crippen molar-refractivity contribution in [1.29, 1.82) is 0 Å². The van der Waals surface area contributed by atoms with E-state index in [2.05, 4.69) is 65.1 Å². The fourth-order valence-electron chi connectivity index (χ4n) is 2.66. The molecule has 0 aliphatic carbocycles. The average Bonchev–Trinajstić information content (AvgIpc) is 2.39. The molecule has 1 saturated heterocycles. The highest BCUT2D eigenvalue weighted by Gasteiger charge is 2.22. The Morgan fingerprint density at radius 2 is 2.00 bits per heavy atom. The molecular formula is C16H25BrN2O. The number of anilines is 1. The highest BCUT2D eigenvalue weighted by molar-refractivity contribution is 9.10. The normalized spacial score (nSPS) is 23.1. The van der Waals surface area contributed by atoms with E-state index in [-0.39, 0.29) is 0 Å². The molecule has 0 spiro atoms. The minimum atomic E-state index is 0.295. The number of hydrogen-bond acceptors (Lipinski definition) is 3. The number of benzene rings is 1. The highest BCUT2D eigenvalue weighted by atomic mass is 79.9. The van der Waals surface area contributed by atoms with Crippen LogP contribution in [0.3, 0.4) is 0 Å². The number of ether oxygens (including phenoxy) is 1. The Bertz CT molecular complexity index is 428. The van der Waals surface area contributed by atoms with Crippen molar-refractivity contribution in [1.82, 2.24) is 5.32 Å². The summed E-state index contributed by atoms with van der Waals surface area (Å²) in [7, 11) is 0. The van der Waals surface area contributed by atoms with Crippen LogP contribution in [0.2, 0.25) is 0 Å². The van der Waals surface area contributed by atoms with Gasteiger partial charge in [-0.15, -0.1) is 0 Å². The molecule has 4 heteroatoms. The van der Waals surface area contributed by atoms with Gasteiger partial charge in [-0.3, -0.25) is 0 Å². The van der Waals surface area contributed by atoms with Gasteiger partial charge in [0.1, 0.15) is 0 Å². The smallest absolute Gasteiger partial charge is 0.0726 e. The summed E-state index contributed by atoms with van der Waals surface area (Å²) in [5, 5.41) is 3.44. The molecule has 0 radical (unpaired) electrons. The van der Waals surface area contributed by atoms with Gasteiger partial charge in [0, 0.05) is 29.8 Å². The van der Waals surface area contributed by atoms with Crippen LogP contribution in [-0.4, -0.2) is 31.8 Å². The summed E-state index contributed by atoms with van der Waals surface area (Å²) in [5.74, 6) is 0. The molecule has 0 saturated carbocycles. The van der Waals surface area contributed by atoms with Crippen molar-refractivity contribution in [2.75, 3.05) is 24.5 Å². The third-order valence-electron chi connectivity index (χ3n) is 3.56. The quantitative estimate of drug-likeness (QED) is 0.829. The molecular weight excluding hydrogens is 316 g/mol. The van der Waals surface area contributed by atoms with Crippen molar-refractivity contribution in [2.24, 2.45) is 0 Å². The Balaban J connectivity index is 2.04. The molecule has 2 atom stereocenters. The average molecular weight is 341 g/mol. The van der Waals surface area contributed by atoms with Crippen LogP contribution >= 0.6 is 15.9 Å². The first kappa shape index (κ1) is 15.8. The molecule has 1 aliphatic heterocycles. The van der Waals surface area contributed by atoms with E-state index >= 15 is 0 Å². The molecule has 1 N–H and O–H groups in total. The molecule has 1 aliphatic rings. The van der Waals surface area contributed by atoms with Gasteiger partial charge < -0.3 is 15.0 Å². The van der Waals surface area contributed by atoms with Gasteiger partial charge >= 0.3 is 0 Å². The molecule has 0 aromatic heterocycles. The van der Waals surface area contributed by atoms with Crippen molar-refractivity contribution in [2.45, 2.75) is 45.9 Å². The Labute approximate surface area is 130 Å². The fourth-order valence-corrected chi connectivity index (χ4v) is 3.17. The summed E-state index contributed by atoms with van der Waals surface area (Å²) >= 11 is 3.70. The van der Waals surface area contributed by atoms with E-state index in [1.165, 1.54) is 22.1 Å². The van der Waals surface area contributed by atoms with E-state index in [0.29, 0.717) is 12.2 Å². The third kappa shape index (κ3) is 4.21. The van der Waals surface area contributed by atoms with Crippen molar-refractivity contribution < 1.29 is 4.74 Å². The SMILES string of the molecule is CCCNCc1ccc(N2C[C@@H](C)O[C@@H](C)C2)cc1Br. The van der Waals surface area contributed by atoms with Gasteiger partial charge in [-0.25, -0.2) is 0 Å². The largest absolute Gasteiger partial charge is 0.372 e. The maximum Gasteiger partial charge on any atom is 0.0726 e. The van der Waals surface area contributed by atoms with Crippen LogP contribution in [0.1, 0.15) is 32.8 Å². The number of halogens is 1. The number of nitrogens with one attached hydrogen (secondary N) is 1. The Morgan fingerprint density at radius 3 is 2.60 bits per heavy atom. The minimum absolute atomic E-state index is 0.295. The number of nitrogens with zero attached hydrogens (tertiary/aromatic N) is 1. The predicted molar refractivity (Wildman–Crippen MR) is 88.4 cm³/mol. The van der Waals surface area contributed by atoms with E-state index in [1.807, 2.05) is 0 Å². The van der Waals surface area contributed by atoms with E-state index in [1.54, 1.807) is 0 Å². The molecule has 112 valence electrons. The third-order valence-corrected chi connectivity index (χ3v) is 4.30. The Kier molecular flexibility index (Phi) is 5.87. The maximum atomic E-state index is 5.79. The number of rotatable bonds is 5. The van der Waals surface area contributed by atoms with Crippen molar-refractivity contribution >= 4 is 21.6 Å². The van der Waals surface area contributed by atoms with Gasteiger partial charge in [-0.05, 0) is 44.5 Å². The second-order valence-corrected chi connectivity index (χ2v) is 6.47. The summed E-state index contributed by atoms with van der Waals surface area (Å²) in [6.45, 7) is 10.4. The highest BCUT2D eigenvalue weighted by Crippen LogP contribution is 2.26. The van der Waals surface area contributed by atoms with Crippen LogP contribution in [0.5, 0.6) is 0 Å². The second-order valence-electron chi connectivity index (χ2n) is 5.61. The van der Waals surface area contributed by atoms with Crippen LogP contribution in [-0.2, 0) is 11.3 Å². The molecule has 0 bridgehead atoms.